The third-order valence-corrected chi connectivity index (χ3v) is 5.27. The van der Waals surface area contributed by atoms with Crippen LogP contribution in [0.4, 0.5) is 5.13 Å². The van der Waals surface area contributed by atoms with E-state index in [1.807, 2.05) is 18.2 Å². The maximum Gasteiger partial charge on any atom is 0.224 e. The number of anilines is 1. The first-order valence-electron chi connectivity index (χ1n) is 8.15. The zero-order valence-electron chi connectivity index (χ0n) is 13.5. The molecule has 1 unspecified atom stereocenters. The van der Waals surface area contributed by atoms with Crippen LogP contribution in [0.2, 0.25) is 0 Å². The molecule has 3 rings (SSSR count). The standard InChI is InChI=1S/C17H23N3O2S/c1-22-11-5-9-18-16(21)13-6-4-10-20(12-13)17-19-14-7-2-3-8-15(14)23-17/h2-3,7-8,13H,4-6,9-12H2,1H3,(H,18,21). The minimum Gasteiger partial charge on any atom is -0.385 e. The van der Waals surface area contributed by atoms with E-state index in [1.165, 1.54) is 4.70 Å². The van der Waals surface area contributed by atoms with Gasteiger partial charge in [0.05, 0.1) is 16.1 Å². The monoisotopic (exact) mass is 333 g/mol. The SMILES string of the molecule is COCCCNC(=O)C1CCCN(c2nc3ccccc3s2)C1. The molecule has 0 radical (unpaired) electrons. The number of methoxy groups -OCH3 is 1. The summed E-state index contributed by atoms with van der Waals surface area (Å²) in [6.07, 6.45) is 2.85. The number of carbonyl (C=O) groups excluding carboxylic acids is 1. The predicted octanol–water partition coefficient (Wildman–Crippen LogP) is 2.67. The van der Waals surface area contributed by atoms with Gasteiger partial charge in [-0.1, -0.05) is 23.5 Å². The maximum atomic E-state index is 12.3. The molecular weight excluding hydrogens is 310 g/mol. The Balaban J connectivity index is 1.60. The van der Waals surface area contributed by atoms with Crippen molar-refractivity contribution in [2.75, 3.05) is 38.3 Å². The summed E-state index contributed by atoms with van der Waals surface area (Å²) in [6, 6.07) is 8.19. The van der Waals surface area contributed by atoms with Gasteiger partial charge in [-0.25, -0.2) is 4.98 Å². The number of thiazole rings is 1. The van der Waals surface area contributed by atoms with Crippen LogP contribution >= 0.6 is 11.3 Å². The molecule has 1 aromatic carbocycles. The molecule has 1 aliphatic rings. The van der Waals surface area contributed by atoms with Crippen LogP contribution in [-0.4, -0.2) is 44.2 Å². The van der Waals surface area contributed by atoms with Gasteiger partial charge in [-0.05, 0) is 31.4 Å². The van der Waals surface area contributed by atoms with Crippen LogP contribution in [0.1, 0.15) is 19.3 Å². The van der Waals surface area contributed by atoms with Crippen molar-refractivity contribution in [3.8, 4) is 0 Å². The topological polar surface area (TPSA) is 54.5 Å². The van der Waals surface area contributed by atoms with Gasteiger partial charge in [-0.2, -0.15) is 0 Å². The van der Waals surface area contributed by atoms with Gasteiger partial charge in [0.2, 0.25) is 5.91 Å². The molecule has 1 amide bonds. The van der Waals surface area contributed by atoms with Crippen LogP contribution in [0.3, 0.4) is 0 Å². The number of nitrogens with one attached hydrogen (secondary N) is 1. The lowest BCUT2D eigenvalue weighted by atomic mass is 9.97. The second-order valence-electron chi connectivity index (χ2n) is 5.89. The molecule has 0 bridgehead atoms. The summed E-state index contributed by atoms with van der Waals surface area (Å²) < 4.78 is 6.21. The lowest BCUT2D eigenvalue weighted by molar-refractivity contribution is -0.125. The highest BCUT2D eigenvalue weighted by atomic mass is 32.1. The fourth-order valence-corrected chi connectivity index (χ4v) is 3.93. The Morgan fingerprint density at radius 2 is 2.35 bits per heavy atom. The Morgan fingerprint density at radius 1 is 1.48 bits per heavy atom. The van der Waals surface area contributed by atoms with Gasteiger partial charge in [-0.3, -0.25) is 4.79 Å². The van der Waals surface area contributed by atoms with Crippen molar-refractivity contribution in [2.24, 2.45) is 5.92 Å². The molecule has 1 N–H and O–H groups in total. The minimum absolute atomic E-state index is 0.0540. The summed E-state index contributed by atoms with van der Waals surface area (Å²) in [4.78, 5) is 19.3. The smallest absolute Gasteiger partial charge is 0.224 e. The van der Waals surface area contributed by atoms with Gasteiger partial charge in [0.15, 0.2) is 5.13 Å². The molecule has 0 aliphatic carbocycles. The maximum absolute atomic E-state index is 12.3. The van der Waals surface area contributed by atoms with Crippen LogP contribution < -0.4 is 10.2 Å². The van der Waals surface area contributed by atoms with E-state index in [9.17, 15) is 4.79 Å². The second kappa shape index (κ2) is 7.75. The molecule has 6 heteroatoms. The van der Waals surface area contributed by atoms with Gasteiger partial charge < -0.3 is 15.0 Å². The van der Waals surface area contributed by atoms with E-state index in [4.69, 9.17) is 9.72 Å². The van der Waals surface area contributed by atoms with E-state index in [-0.39, 0.29) is 11.8 Å². The van der Waals surface area contributed by atoms with Gasteiger partial charge in [0.25, 0.3) is 0 Å². The van der Waals surface area contributed by atoms with Crippen LogP contribution in [0.25, 0.3) is 10.2 Å². The highest BCUT2D eigenvalue weighted by Crippen LogP contribution is 2.31. The molecule has 1 saturated heterocycles. The van der Waals surface area contributed by atoms with E-state index in [0.717, 1.165) is 43.0 Å². The number of rotatable bonds is 6. The number of benzene rings is 1. The summed E-state index contributed by atoms with van der Waals surface area (Å²) in [5.41, 5.74) is 1.04. The summed E-state index contributed by atoms with van der Waals surface area (Å²) >= 11 is 1.71. The molecule has 1 atom stereocenters. The number of aromatic nitrogens is 1. The van der Waals surface area contributed by atoms with E-state index in [2.05, 4.69) is 16.3 Å². The third kappa shape index (κ3) is 4.00. The zero-order chi connectivity index (χ0) is 16.1. The number of para-hydroxylation sites is 1. The van der Waals surface area contributed by atoms with Crippen molar-refractivity contribution in [3.63, 3.8) is 0 Å². The van der Waals surface area contributed by atoms with Gasteiger partial charge in [0, 0.05) is 33.4 Å². The first kappa shape index (κ1) is 16.2. The first-order chi connectivity index (χ1) is 11.3. The van der Waals surface area contributed by atoms with Crippen LogP contribution in [0, 0.1) is 5.92 Å². The van der Waals surface area contributed by atoms with Crippen LogP contribution in [-0.2, 0) is 9.53 Å². The molecule has 124 valence electrons. The largest absolute Gasteiger partial charge is 0.385 e. The molecule has 23 heavy (non-hydrogen) atoms. The highest BCUT2D eigenvalue weighted by molar-refractivity contribution is 7.22. The average Bonchev–Trinajstić information content (AvgIpc) is 3.03. The van der Waals surface area contributed by atoms with Crippen molar-refractivity contribution in [2.45, 2.75) is 19.3 Å². The van der Waals surface area contributed by atoms with Crippen molar-refractivity contribution in [1.29, 1.82) is 0 Å². The number of ether oxygens (including phenoxy) is 1. The quantitative estimate of drug-likeness (QED) is 0.826. The second-order valence-corrected chi connectivity index (χ2v) is 6.90. The van der Waals surface area contributed by atoms with Crippen molar-refractivity contribution < 1.29 is 9.53 Å². The zero-order valence-corrected chi connectivity index (χ0v) is 14.3. The van der Waals surface area contributed by atoms with E-state index < -0.39 is 0 Å². The molecule has 2 aromatic rings. The molecular formula is C17H23N3O2S. The van der Waals surface area contributed by atoms with Gasteiger partial charge in [-0.15, -0.1) is 0 Å². The third-order valence-electron chi connectivity index (χ3n) is 4.17. The molecule has 1 fully saturated rings. The molecule has 1 aromatic heterocycles. The van der Waals surface area contributed by atoms with E-state index >= 15 is 0 Å². The lowest BCUT2D eigenvalue weighted by Gasteiger charge is -2.31. The summed E-state index contributed by atoms with van der Waals surface area (Å²) in [6.45, 7) is 3.11. The average molecular weight is 333 g/mol. The Labute approximate surface area is 140 Å². The Morgan fingerprint density at radius 3 is 3.17 bits per heavy atom. The summed E-state index contributed by atoms with van der Waals surface area (Å²) in [7, 11) is 1.68. The number of carbonyl (C=O) groups is 1. The molecule has 0 saturated carbocycles. The van der Waals surface area contributed by atoms with E-state index in [0.29, 0.717) is 13.2 Å². The number of nitrogens with zero attached hydrogens (tertiary/aromatic N) is 2. The highest BCUT2D eigenvalue weighted by Gasteiger charge is 2.27. The number of hydrogen-bond donors (Lipinski definition) is 1. The minimum atomic E-state index is 0.0540. The Bertz CT molecular complexity index is 625. The van der Waals surface area contributed by atoms with Gasteiger partial charge >= 0.3 is 0 Å². The lowest BCUT2D eigenvalue weighted by Crippen LogP contribution is -2.43. The van der Waals surface area contributed by atoms with Crippen LogP contribution in [0.15, 0.2) is 24.3 Å². The molecule has 2 heterocycles. The number of fused-ring (bicyclic) bond motifs is 1. The first-order valence-corrected chi connectivity index (χ1v) is 8.97. The van der Waals surface area contributed by atoms with Gasteiger partial charge in [0.1, 0.15) is 0 Å². The van der Waals surface area contributed by atoms with Crippen molar-refractivity contribution >= 4 is 32.6 Å². The number of amides is 1. The Hall–Kier alpha value is -1.66. The molecule has 5 nitrogen and oxygen atoms in total. The predicted molar refractivity (Wildman–Crippen MR) is 94.1 cm³/mol. The fourth-order valence-electron chi connectivity index (χ4n) is 2.93. The fraction of sp³-hybridized carbons (Fsp3) is 0.529. The Kier molecular flexibility index (Phi) is 5.46. The normalized spacial score (nSPS) is 18.3. The summed E-state index contributed by atoms with van der Waals surface area (Å²) in [5, 5.41) is 4.05. The number of piperidine rings is 1. The molecule has 1 aliphatic heterocycles. The van der Waals surface area contributed by atoms with Crippen LogP contribution in [0.5, 0.6) is 0 Å². The number of hydrogen-bond acceptors (Lipinski definition) is 5. The van der Waals surface area contributed by atoms with Crippen molar-refractivity contribution in [3.05, 3.63) is 24.3 Å². The molecule has 0 spiro atoms. The summed E-state index contributed by atoms with van der Waals surface area (Å²) in [5.74, 6) is 0.213. The van der Waals surface area contributed by atoms with Crippen molar-refractivity contribution in [1.82, 2.24) is 10.3 Å². The van der Waals surface area contributed by atoms with E-state index in [1.54, 1.807) is 18.4 Å².